The molecule has 17 heavy (non-hydrogen) atoms. The van der Waals surface area contributed by atoms with Crippen molar-refractivity contribution in [3.63, 3.8) is 0 Å². The van der Waals surface area contributed by atoms with Crippen molar-refractivity contribution < 1.29 is 14.7 Å². The van der Waals surface area contributed by atoms with E-state index in [-0.39, 0.29) is 5.91 Å². The van der Waals surface area contributed by atoms with Gasteiger partial charge in [0.15, 0.2) is 0 Å². The Kier molecular flexibility index (Phi) is 6.80. The summed E-state index contributed by atoms with van der Waals surface area (Å²) in [5.41, 5.74) is 0. The highest BCUT2D eigenvalue weighted by Crippen LogP contribution is 2.09. The van der Waals surface area contributed by atoms with E-state index in [1.54, 1.807) is 0 Å². The fourth-order valence-electron chi connectivity index (χ4n) is 1.76. The quantitative estimate of drug-likeness (QED) is 0.699. The molecule has 0 fully saturated rings. The lowest BCUT2D eigenvalue weighted by molar-refractivity contribution is -0.142. The van der Waals surface area contributed by atoms with Gasteiger partial charge in [-0.25, -0.2) is 4.79 Å². The van der Waals surface area contributed by atoms with Gasteiger partial charge in [0.2, 0.25) is 5.91 Å². The largest absolute Gasteiger partial charge is 0.480 e. The first kappa shape index (κ1) is 15.9. The zero-order valence-corrected chi connectivity index (χ0v) is 11.4. The first-order chi connectivity index (χ1) is 7.73. The fourth-order valence-corrected chi connectivity index (χ4v) is 1.76. The topological polar surface area (TPSA) is 69.6 Å². The van der Waals surface area contributed by atoms with Gasteiger partial charge in [-0.15, -0.1) is 0 Å². The zero-order chi connectivity index (χ0) is 13.6. The first-order valence-corrected chi connectivity index (χ1v) is 5.94. The van der Waals surface area contributed by atoms with Crippen LogP contribution >= 0.6 is 0 Å². The van der Waals surface area contributed by atoms with Gasteiger partial charge in [0.05, 0.1) is 0 Å². The second-order valence-corrected chi connectivity index (χ2v) is 5.01. The average Bonchev–Trinajstić information content (AvgIpc) is 2.14. The minimum Gasteiger partial charge on any atom is -0.480 e. The molecular formula is C12H24N2O3. The van der Waals surface area contributed by atoms with Crippen LogP contribution in [-0.2, 0) is 9.59 Å². The van der Waals surface area contributed by atoms with Crippen LogP contribution in [0.3, 0.4) is 0 Å². The lowest BCUT2D eigenvalue weighted by atomic mass is 10.0. The van der Waals surface area contributed by atoms with E-state index < -0.39 is 12.0 Å². The summed E-state index contributed by atoms with van der Waals surface area (Å²) in [5.74, 6) is -0.748. The highest BCUT2D eigenvalue weighted by Gasteiger charge is 2.22. The number of rotatable bonds is 7. The van der Waals surface area contributed by atoms with Gasteiger partial charge < -0.3 is 15.3 Å². The Morgan fingerprint density at radius 2 is 1.82 bits per heavy atom. The molecule has 1 amide bonds. The molecule has 0 aromatic heterocycles. The molecule has 0 aromatic carbocycles. The molecule has 0 aliphatic rings. The van der Waals surface area contributed by atoms with E-state index in [0.29, 0.717) is 18.5 Å². The smallest absolute Gasteiger partial charge is 0.327 e. The molecule has 0 spiro atoms. The third-order valence-corrected chi connectivity index (χ3v) is 2.71. The van der Waals surface area contributed by atoms with Crippen LogP contribution in [-0.4, -0.2) is 47.6 Å². The number of hydrogen-bond donors (Lipinski definition) is 2. The number of carbonyl (C=O) groups excluding carboxylic acids is 1. The summed E-state index contributed by atoms with van der Waals surface area (Å²) >= 11 is 0. The minimum atomic E-state index is -0.996. The Morgan fingerprint density at radius 3 is 2.18 bits per heavy atom. The summed E-state index contributed by atoms with van der Waals surface area (Å²) < 4.78 is 0. The summed E-state index contributed by atoms with van der Waals surface area (Å²) in [6, 6.07) is -0.544. The molecule has 2 atom stereocenters. The normalized spacial score (nSPS) is 14.8. The molecule has 0 aliphatic carbocycles. The molecule has 5 nitrogen and oxygen atoms in total. The van der Waals surface area contributed by atoms with Gasteiger partial charge >= 0.3 is 5.97 Å². The number of hydrogen-bond acceptors (Lipinski definition) is 3. The van der Waals surface area contributed by atoms with Gasteiger partial charge in [0, 0.05) is 19.5 Å². The Balaban J connectivity index is 4.34. The molecule has 100 valence electrons. The van der Waals surface area contributed by atoms with E-state index in [0.717, 1.165) is 6.42 Å². The molecule has 0 rings (SSSR count). The van der Waals surface area contributed by atoms with Gasteiger partial charge in [-0.05, 0) is 26.3 Å². The molecule has 0 saturated carbocycles. The summed E-state index contributed by atoms with van der Waals surface area (Å²) in [5, 5.41) is 11.4. The van der Waals surface area contributed by atoms with Crippen LogP contribution in [0.5, 0.6) is 0 Å². The maximum absolute atomic E-state index is 11.0. The molecule has 0 radical (unpaired) electrons. The molecule has 0 aromatic rings. The summed E-state index contributed by atoms with van der Waals surface area (Å²) in [4.78, 5) is 23.8. The van der Waals surface area contributed by atoms with Crippen LogP contribution < -0.4 is 5.32 Å². The number of carboxylic acids is 1. The third kappa shape index (κ3) is 6.94. The van der Waals surface area contributed by atoms with E-state index in [9.17, 15) is 9.59 Å². The van der Waals surface area contributed by atoms with Crippen LogP contribution in [0.25, 0.3) is 0 Å². The SMILES string of the molecule is CC(=O)NC(CN(C)C(C)CC(C)C)C(=O)O. The van der Waals surface area contributed by atoms with E-state index in [1.165, 1.54) is 6.92 Å². The highest BCUT2D eigenvalue weighted by atomic mass is 16.4. The van der Waals surface area contributed by atoms with Gasteiger partial charge in [-0.1, -0.05) is 13.8 Å². The van der Waals surface area contributed by atoms with Crippen molar-refractivity contribution in [1.29, 1.82) is 0 Å². The van der Waals surface area contributed by atoms with Crippen molar-refractivity contribution in [2.45, 2.75) is 46.2 Å². The van der Waals surface area contributed by atoms with Crippen molar-refractivity contribution in [1.82, 2.24) is 10.2 Å². The van der Waals surface area contributed by atoms with Gasteiger partial charge in [0.25, 0.3) is 0 Å². The molecule has 0 heterocycles. The monoisotopic (exact) mass is 244 g/mol. The van der Waals surface area contributed by atoms with Crippen LogP contribution in [0.15, 0.2) is 0 Å². The maximum Gasteiger partial charge on any atom is 0.327 e. The number of likely N-dealkylation sites (N-methyl/N-ethyl adjacent to an activating group) is 1. The predicted molar refractivity (Wildman–Crippen MR) is 66.8 cm³/mol. The summed E-state index contributed by atoms with van der Waals surface area (Å²) in [6.45, 7) is 7.97. The summed E-state index contributed by atoms with van der Waals surface area (Å²) in [6.07, 6.45) is 1.00. The van der Waals surface area contributed by atoms with Crippen molar-refractivity contribution in [3.8, 4) is 0 Å². The van der Waals surface area contributed by atoms with Crippen LogP contribution in [0.4, 0.5) is 0 Å². The highest BCUT2D eigenvalue weighted by molar-refractivity contribution is 5.82. The Morgan fingerprint density at radius 1 is 1.29 bits per heavy atom. The van der Waals surface area contributed by atoms with E-state index in [2.05, 4.69) is 26.1 Å². The molecule has 5 heteroatoms. The third-order valence-electron chi connectivity index (χ3n) is 2.71. The molecular weight excluding hydrogens is 220 g/mol. The second-order valence-electron chi connectivity index (χ2n) is 5.01. The number of nitrogens with one attached hydrogen (secondary N) is 1. The number of carboxylic acid groups (broad SMARTS) is 1. The van der Waals surface area contributed by atoms with Crippen molar-refractivity contribution in [3.05, 3.63) is 0 Å². The number of nitrogens with zero attached hydrogens (tertiary/aromatic N) is 1. The van der Waals surface area contributed by atoms with Gasteiger partial charge in [-0.3, -0.25) is 4.79 Å². The zero-order valence-electron chi connectivity index (χ0n) is 11.4. The molecule has 0 saturated heterocycles. The second kappa shape index (κ2) is 7.27. The fraction of sp³-hybridized carbons (Fsp3) is 0.833. The number of amides is 1. The first-order valence-electron chi connectivity index (χ1n) is 5.94. The predicted octanol–water partition coefficient (Wildman–Crippen LogP) is 0.942. The lowest BCUT2D eigenvalue weighted by Crippen LogP contribution is -2.49. The van der Waals surface area contributed by atoms with E-state index >= 15 is 0 Å². The van der Waals surface area contributed by atoms with Crippen LogP contribution in [0.1, 0.15) is 34.1 Å². The van der Waals surface area contributed by atoms with Crippen molar-refractivity contribution in [2.75, 3.05) is 13.6 Å². The Labute approximate surface area is 103 Å². The molecule has 0 aliphatic heterocycles. The lowest BCUT2D eigenvalue weighted by Gasteiger charge is -2.28. The van der Waals surface area contributed by atoms with Crippen LogP contribution in [0, 0.1) is 5.92 Å². The van der Waals surface area contributed by atoms with Crippen molar-refractivity contribution in [2.24, 2.45) is 5.92 Å². The van der Waals surface area contributed by atoms with E-state index in [1.807, 2.05) is 11.9 Å². The van der Waals surface area contributed by atoms with E-state index in [4.69, 9.17) is 5.11 Å². The standard InChI is InChI=1S/C12H24N2O3/c1-8(2)6-9(3)14(5)7-11(12(16)17)13-10(4)15/h8-9,11H,6-7H2,1-5H3,(H,13,15)(H,16,17). The minimum absolute atomic E-state index is 0.297. The average molecular weight is 244 g/mol. The Bertz CT molecular complexity index is 266. The number of aliphatic carboxylic acids is 1. The van der Waals surface area contributed by atoms with Crippen molar-refractivity contribution >= 4 is 11.9 Å². The summed E-state index contributed by atoms with van der Waals surface area (Å²) in [7, 11) is 1.88. The van der Waals surface area contributed by atoms with Gasteiger partial charge in [0.1, 0.15) is 6.04 Å². The molecule has 2 unspecified atom stereocenters. The molecule has 2 N–H and O–H groups in total. The Hall–Kier alpha value is -1.10. The van der Waals surface area contributed by atoms with Gasteiger partial charge in [-0.2, -0.15) is 0 Å². The maximum atomic E-state index is 11.0. The molecule has 0 bridgehead atoms. The van der Waals surface area contributed by atoms with Crippen LogP contribution in [0.2, 0.25) is 0 Å². The number of carbonyl (C=O) groups is 2.